The van der Waals surface area contributed by atoms with E-state index in [9.17, 15) is 4.79 Å². The monoisotopic (exact) mass is 316 g/mol. The van der Waals surface area contributed by atoms with Crippen molar-refractivity contribution in [3.8, 4) is 0 Å². The largest absolute Gasteiger partial charge is 0.341 e. The molecule has 1 saturated heterocycles. The number of nitrogens with zero attached hydrogens (tertiary/aromatic N) is 1. The first-order valence-electron chi connectivity index (χ1n) is 7.08. The van der Waals surface area contributed by atoms with Gasteiger partial charge < -0.3 is 10.6 Å². The lowest BCUT2D eigenvalue weighted by molar-refractivity contribution is -0.132. The zero-order valence-corrected chi connectivity index (χ0v) is 13.1. The smallest absolute Gasteiger partial charge is 0.239 e. The molecule has 2 N–H and O–H groups in total. The Hall–Kier alpha value is -0.0900. The van der Waals surface area contributed by atoms with Gasteiger partial charge in [0.25, 0.3) is 0 Å². The van der Waals surface area contributed by atoms with E-state index in [0.717, 1.165) is 24.3 Å². The zero-order chi connectivity index (χ0) is 13.3. The van der Waals surface area contributed by atoms with Crippen LogP contribution in [0.15, 0.2) is 0 Å². The van der Waals surface area contributed by atoms with Gasteiger partial charge in [-0.3, -0.25) is 4.79 Å². The lowest BCUT2D eigenvalue weighted by Crippen LogP contribution is -2.46. The summed E-state index contributed by atoms with van der Waals surface area (Å²) in [5.74, 6) is 1.19. The van der Waals surface area contributed by atoms with E-state index < -0.39 is 0 Å². The summed E-state index contributed by atoms with van der Waals surface area (Å²) in [6.07, 6.45) is 5.04. The van der Waals surface area contributed by atoms with Crippen molar-refractivity contribution in [3.63, 3.8) is 0 Å². The predicted octanol–water partition coefficient (Wildman–Crippen LogP) is 2.38. The van der Waals surface area contributed by atoms with E-state index in [0.29, 0.717) is 5.41 Å². The third-order valence-corrected chi connectivity index (χ3v) is 5.69. The first-order chi connectivity index (χ1) is 8.47. The maximum Gasteiger partial charge on any atom is 0.239 e. The number of rotatable bonds is 3. The third kappa shape index (κ3) is 2.74. The second-order valence-electron chi connectivity index (χ2n) is 6.54. The van der Waals surface area contributed by atoms with E-state index in [1.807, 2.05) is 18.7 Å². The van der Waals surface area contributed by atoms with Crippen molar-refractivity contribution < 1.29 is 4.79 Å². The number of alkyl halides is 1. The van der Waals surface area contributed by atoms with Crippen molar-refractivity contribution in [2.45, 2.75) is 45.6 Å². The summed E-state index contributed by atoms with van der Waals surface area (Å²) in [4.78, 5) is 14.3. The van der Waals surface area contributed by atoms with Crippen LogP contribution in [0.25, 0.3) is 0 Å². The zero-order valence-electron chi connectivity index (χ0n) is 11.5. The number of carbonyl (C=O) groups excluding carboxylic acids is 1. The predicted molar refractivity (Wildman–Crippen MR) is 77.6 cm³/mol. The molecule has 1 heterocycles. The molecule has 3 atom stereocenters. The molecule has 0 aromatic rings. The van der Waals surface area contributed by atoms with Crippen LogP contribution in [0.1, 0.15) is 39.5 Å². The van der Waals surface area contributed by atoms with Gasteiger partial charge in [-0.2, -0.15) is 0 Å². The molecule has 104 valence electrons. The maximum absolute atomic E-state index is 12.3. The van der Waals surface area contributed by atoms with Crippen molar-refractivity contribution >= 4 is 21.8 Å². The summed E-state index contributed by atoms with van der Waals surface area (Å²) in [5.41, 5.74) is 6.39. The van der Waals surface area contributed by atoms with Crippen LogP contribution in [0.3, 0.4) is 0 Å². The molecule has 4 heteroatoms. The van der Waals surface area contributed by atoms with Gasteiger partial charge in [-0.15, -0.1) is 0 Å². The Balaban J connectivity index is 1.94. The molecule has 2 aliphatic rings. The van der Waals surface area contributed by atoms with Crippen LogP contribution in [0.5, 0.6) is 0 Å². The van der Waals surface area contributed by atoms with E-state index in [2.05, 4.69) is 15.9 Å². The van der Waals surface area contributed by atoms with Gasteiger partial charge in [0.05, 0.1) is 6.04 Å². The summed E-state index contributed by atoms with van der Waals surface area (Å²) in [6.45, 7) is 5.89. The molecule has 0 aromatic carbocycles. The van der Waals surface area contributed by atoms with Crippen LogP contribution in [0.2, 0.25) is 0 Å². The van der Waals surface area contributed by atoms with E-state index in [1.54, 1.807) is 0 Å². The Morgan fingerprint density at radius 2 is 2.22 bits per heavy atom. The Morgan fingerprint density at radius 3 is 2.78 bits per heavy atom. The molecule has 1 aliphatic heterocycles. The first kappa shape index (κ1) is 14.3. The summed E-state index contributed by atoms with van der Waals surface area (Å²) < 4.78 is 0. The summed E-state index contributed by atoms with van der Waals surface area (Å²) in [6, 6.07) is -0.325. The molecule has 0 bridgehead atoms. The maximum atomic E-state index is 12.3. The highest BCUT2D eigenvalue weighted by Gasteiger charge is 2.45. The van der Waals surface area contributed by atoms with E-state index in [4.69, 9.17) is 5.73 Å². The van der Waals surface area contributed by atoms with Gasteiger partial charge in [-0.05, 0) is 42.9 Å². The molecule has 1 amide bonds. The topological polar surface area (TPSA) is 46.3 Å². The van der Waals surface area contributed by atoms with Crippen LogP contribution < -0.4 is 5.73 Å². The average molecular weight is 317 g/mol. The molecule has 2 rings (SSSR count). The van der Waals surface area contributed by atoms with Crippen molar-refractivity contribution in [3.05, 3.63) is 0 Å². The number of carbonyl (C=O) groups is 1. The van der Waals surface area contributed by atoms with Gasteiger partial charge in [0.1, 0.15) is 0 Å². The molecule has 1 spiro atoms. The number of amides is 1. The molecule has 1 saturated carbocycles. The standard InChI is InChI=1S/C14H25BrN2O/c1-10(2)12(16)13(18)17-6-5-14(9-17)4-3-11(7-14)8-15/h10-12H,3-9,16H2,1-2H3. The van der Waals surface area contributed by atoms with Gasteiger partial charge >= 0.3 is 0 Å². The number of hydrogen-bond donors (Lipinski definition) is 1. The summed E-state index contributed by atoms with van der Waals surface area (Å²) in [5, 5.41) is 1.11. The van der Waals surface area contributed by atoms with Crippen LogP contribution >= 0.6 is 15.9 Å². The van der Waals surface area contributed by atoms with Crippen molar-refractivity contribution in [1.29, 1.82) is 0 Å². The highest BCUT2D eigenvalue weighted by Crippen LogP contribution is 2.48. The number of hydrogen-bond acceptors (Lipinski definition) is 2. The number of likely N-dealkylation sites (tertiary alicyclic amines) is 1. The van der Waals surface area contributed by atoms with Crippen LogP contribution in [0.4, 0.5) is 0 Å². The molecule has 3 nitrogen and oxygen atoms in total. The number of halogens is 1. The Labute approximate surface area is 119 Å². The quantitative estimate of drug-likeness (QED) is 0.813. The molecular formula is C14H25BrN2O. The Morgan fingerprint density at radius 1 is 1.50 bits per heavy atom. The van der Waals surface area contributed by atoms with Crippen LogP contribution in [-0.4, -0.2) is 35.3 Å². The SMILES string of the molecule is CC(C)C(N)C(=O)N1CCC2(CCC(CBr)C2)C1. The van der Waals surface area contributed by atoms with E-state index >= 15 is 0 Å². The number of nitrogens with two attached hydrogens (primary N) is 1. The van der Waals surface area contributed by atoms with Crippen LogP contribution in [0, 0.1) is 17.3 Å². The van der Waals surface area contributed by atoms with Crippen molar-refractivity contribution in [2.24, 2.45) is 23.0 Å². The minimum absolute atomic E-state index is 0.157. The minimum atomic E-state index is -0.325. The van der Waals surface area contributed by atoms with Gasteiger partial charge in [-0.25, -0.2) is 0 Å². The fraction of sp³-hybridized carbons (Fsp3) is 0.929. The van der Waals surface area contributed by atoms with Gasteiger partial charge in [-0.1, -0.05) is 29.8 Å². The average Bonchev–Trinajstić information content (AvgIpc) is 2.95. The second-order valence-corrected chi connectivity index (χ2v) is 7.19. The fourth-order valence-corrected chi connectivity index (χ4v) is 4.00. The molecule has 2 fully saturated rings. The first-order valence-corrected chi connectivity index (χ1v) is 8.20. The molecule has 3 unspecified atom stereocenters. The minimum Gasteiger partial charge on any atom is -0.341 e. The fourth-order valence-electron chi connectivity index (χ4n) is 3.45. The molecule has 0 aromatic heterocycles. The van der Waals surface area contributed by atoms with Crippen LogP contribution in [-0.2, 0) is 4.79 Å². The van der Waals surface area contributed by atoms with Gasteiger partial charge in [0, 0.05) is 18.4 Å². The molecule has 0 radical (unpaired) electrons. The highest BCUT2D eigenvalue weighted by atomic mass is 79.9. The Bertz CT molecular complexity index is 321. The second kappa shape index (κ2) is 5.49. The summed E-state index contributed by atoms with van der Waals surface area (Å²) in [7, 11) is 0. The summed E-state index contributed by atoms with van der Waals surface area (Å²) >= 11 is 3.59. The molecular weight excluding hydrogens is 292 g/mol. The third-order valence-electron chi connectivity index (χ3n) is 4.78. The Kier molecular flexibility index (Phi) is 4.37. The molecule has 1 aliphatic carbocycles. The van der Waals surface area contributed by atoms with Gasteiger partial charge in [0.2, 0.25) is 5.91 Å². The lowest BCUT2D eigenvalue weighted by atomic mass is 9.85. The normalized spacial score (nSPS) is 33.6. The van der Waals surface area contributed by atoms with Crippen molar-refractivity contribution in [2.75, 3.05) is 18.4 Å². The van der Waals surface area contributed by atoms with Gasteiger partial charge in [0.15, 0.2) is 0 Å². The molecule has 18 heavy (non-hydrogen) atoms. The lowest BCUT2D eigenvalue weighted by Gasteiger charge is -2.26. The highest BCUT2D eigenvalue weighted by molar-refractivity contribution is 9.09. The van der Waals surface area contributed by atoms with E-state index in [1.165, 1.54) is 25.7 Å². The van der Waals surface area contributed by atoms with Crippen molar-refractivity contribution in [1.82, 2.24) is 4.90 Å². The van der Waals surface area contributed by atoms with E-state index in [-0.39, 0.29) is 17.9 Å².